The Morgan fingerprint density at radius 1 is 1.62 bits per heavy atom. The van der Waals surface area contributed by atoms with Crippen LogP contribution in [0, 0.1) is 11.3 Å². The molecular weight excluding hydrogens is 100 g/mol. The van der Waals surface area contributed by atoms with Gasteiger partial charge in [-0.05, 0) is 24.2 Å². The third kappa shape index (κ3) is 0.334. The molecule has 1 nitrogen and oxygen atoms in total. The third-order valence-electron chi connectivity index (χ3n) is 3.03. The highest BCUT2D eigenvalue weighted by Crippen LogP contribution is 2.62. The summed E-state index contributed by atoms with van der Waals surface area (Å²) in [4.78, 5) is 0. The fourth-order valence-corrected chi connectivity index (χ4v) is 2.16. The van der Waals surface area contributed by atoms with E-state index in [9.17, 15) is 5.11 Å². The van der Waals surface area contributed by atoms with E-state index in [0.29, 0.717) is 11.3 Å². The van der Waals surface area contributed by atoms with Crippen molar-refractivity contribution in [2.45, 2.75) is 32.3 Å². The quantitative estimate of drug-likeness (QED) is 0.498. The minimum atomic E-state index is 0.0660. The zero-order chi connectivity index (χ0) is 5.78. The van der Waals surface area contributed by atoms with Crippen LogP contribution in [0.4, 0.5) is 0 Å². The molecule has 2 rings (SSSR count). The lowest BCUT2D eigenvalue weighted by Gasteiger charge is -2.00. The van der Waals surface area contributed by atoms with Gasteiger partial charge in [-0.25, -0.2) is 0 Å². The molecule has 0 amide bonds. The van der Waals surface area contributed by atoms with Crippen molar-refractivity contribution in [3.63, 3.8) is 0 Å². The van der Waals surface area contributed by atoms with E-state index in [1.807, 2.05) is 0 Å². The van der Waals surface area contributed by atoms with Gasteiger partial charge in [0.2, 0.25) is 0 Å². The highest BCUT2D eigenvalue weighted by Gasteiger charge is 2.62. The Morgan fingerprint density at radius 3 is 2.62 bits per heavy atom. The van der Waals surface area contributed by atoms with E-state index in [1.54, 1.807) is 0 Å². The number of hydrogen-bond acceptors (Lipinski definition) is 1. The Hall–Kier alpha value is -0.0400. The van der Waals surface area contributed by atoms with Crippen molar-refractivity contribution >= 4 is 0 Å². The molecule has 2 aliphatic carbocycles. The van der Waals surface area contributed by atoms with E-state index in [4.69, 9.17) is 0 Å². The average Bonchev–Trinajstić information content (AvgIpc) is 2.23. The van der Waals surface area contributed by atoms with Crippen molar-refractivity contribution in [1.29, 1.82) is 0 Å². The van der Waals surface area contributed by atoms with Crippen LogP contribution in [0.2, 0.25) is 0 Å². The molecule has 0 aliphatic heterocycles. The van der Waals surface area contributed by atoms with Gasteiger partial charge in [0.25, 0.3) is 0 Å². The number of fused-ring (bicyclic) bond motifs is 1. The molecular formula is C7H12O. The molecule has 0 aromatic carbocycles. The van der Waals surface area contributed by atoms with Crippen LogP contribution in [-0.2, 0) is 0 Å². The Balaban J connectivity index is 2.18. The summed E-state index contributed by atoms with van der Waals surface area (Å²) in [7, 11) is 0. The van der Waals surface area contributed by atoms with Crippen LogP contribution in [0.5, 0.6) is 0 Å². The van der Waals surface area contributed by atoms with Gasteiger partial charge in [-0.1, -0.05) is 13.3 Å². The first-order chi connectivity index (χ1) is 3.75. The first kappa shape index (κ1) is 4.80. The van der Waals surface area contributed by atoms with E-state index in [2.05, 4.69) is 6.92 Å². The number of rotatable bonds is 0. The molecule has 3 atom stereocenters. The number of aliphatic hydroxyl groups excluding tert-OH is 1. The summed E-state index contributed by atoms with van der Waals surface area (Å²) in [5, 5.41) is 9.21. The summed E-state index contributed by atoms with van der Waals surface area (Å²) in [5.41, 5.74) is 0.375. The maximum Gasteiger partial charge on any atom is 0.0631 e. The Bertz CT molecular complexity index is 122. The van der Waals surface area contributed by atoms with Gasteiger partial charge < -0.3 is 5.11 Å². The fourth-order valence-electron chi connectivity index (χ4n) is 2.16. The molecule has 0 bridgehead atoms. The Kier molecular flexibility index (Phi) is 0.663. The van der Waals surface area contributed by atoms with Crippen LogP contribution < -0.4 is 0 Å². The Morgan fingerprint density at radius 2 is 2.38 bits per heavy atom. The van der Waals surface area contributed by atoms with Gasteiger partial charge in [0.15, 0.2) is 0 Å². The maximum absolute atomic E-state index is 9.21. The van der Waals surface area contributed by atoms with Gasteiger partial charge >= 0.3 is 0 Å². The van der Waals surface area contributed by atoms with Gasteiger partial charge in [-0.15, -0.1) is 0 Å². The van der Waals surface area contributed by atoms with Crippen LogP contribution >= 0.6 is 0 Å². The molecule has 0 saturated heterocycles. The molecule has 3 unspecified atom stereocenters. The monoisotopic (exact) mass is 112 g/mol. The second kappa shape index (κ2) is 1.10. The highest BCUT2D eigenvalue weighted by molar-refractivity contribution is 5.11. The standard InChI is InChI=1S/C7H12O/c1-7-4-2-3-5(7)6(7)8/h5-6,8H,2-4H2,1H3. The van der Waals surface area contributed by atoms with Crippen LogP contribution in [0.25, 0.3) is 0 Å². The van der Waals surface area contributed by atoms with E-state index < -0.39 is 0 Å². The topological polar surface area (TPSA) is 20.2 Å². The lowest BCUT2D eigenvalue weighted by Crippen LogP contribution is -1.98. The molecule has 1 N–H and O–H groups in total. The average molecular weight is 112 g/mol. The smallest absolute Gasteiger partial charge is 0.0631 e. The summed E-state index contributed by atoms with van der Waals surface area (Å²) in [5.74, 6) is 0.683. The lowest BCUT2D eigenvalue weighted by molar-refractivity contribution is 0.208. The SMILES string of the molecule is CC12CCCC1C2O. The molecule has 0 radical (unpaired) electrons. The Labute approximate surface area is 49.7 Å². The van der Waals surface area contributed by atoms with Gasteiger partial charge in [0, 0.05) is 0 Å². The van der Waals surface area contributed by atoms with Crippen LogP contribution in [0.15, 0.2) is 0 Å². The molecule has 1 heteroatoms. The zero-order valence-corrected chi connectivity index (χ0v) is 5.22. The van der Waals surface area contributed by atoms with Gasteiger partial charge in [-0.2, -0.15) is 0 Å². The molecule has 0 heterocycles. The van der Waals surface area contributed by atoms with Crippen LogP contribution in [0.3, 0.4) is 0 Å². The largest absolute Gasteiger partial charge is 0.392 e. The van der Waals surface area contributed by atoms with Crippen molar-refractivity contribution in [3.8, 4) is 0 Å². The molecule has 8 heavy (non-hydrogen) atoms. The predicted octanol–water partition coefficient (Wildman–Crippen LogP) is 1.17. The molecule has 46 valence electrons. The molecule has 0 aromatic heterocycles. The third-order valence-corrected chi connectivity index (χ3v) is 3.03. The summed E-state index contributed by atoms with van der Waals surface area (Å²) < 4.78 is 0. The summed E-state index contributed by atoms with van der Waals surface area (Å²) in [6.07, 6.45) is 3.95. The molecule has 2 aliphatic rings. The van der Waals surface area contributed by atoms with Crippen molar-refractivity contribution < 1.29 is 5.11 Å². The first-order valence-electron chi connectivity index (χ1n) is 3.43. The van der Waals surface area contributed by atoms with Gasteiger partial charge in [0.1, 0.15) is 0 Å². The van der Waals surface area contributed by atoms with Crippen molar-refractivity contribution in [2.24, 2.45) is 11.3 Å². The first-order valence-corrected chi connectivity index (χ1v) is 3.43. The predicted molar refractivity (Wildman–Crippen MR) is 31.5 cm³/mol. The van der Waals surface area contributed by atoms with Crippen molar-refractivity contribution in [2.75, 3.05) is 0 Å². The fraction of sp³-hybridized carbons (Fsp3) is 1.00. The van der Waals surface area contributed by atoms with Crippen molar-refractivity contribution in [1.82, 2.24) is 0 Å². The number of aliphatic hydroxyl groups is 1. The second-order valence-corrected chi connectivity index (χ2v) is 3.45. The minimum Gasteiger partial charge on any atom is -0.392 e. The molecule has 2 saturated carbocycles. The van der Waals surface area contributed by atoms with Crippen LogP contribution in [-0.4, -0.2) is 11.2 Å². The van der Waals surface area contributed by atoms with E-state index in [1.165, 1.54) is 19.3 Å². The highest BCUT2D eigenvalue weighted by atomic mass is 16.3. The minimum absolute atomic E-state index is 0.0660. The van der Waals surface area contributed by atoms with Gasteiger partial charge in [-0.3, -0.25) is 0 Å². The maximum atomic E-state index is 9.21. The van der Waals surface area contributed by atoms with E-state index in [0.717, 1.165) is 0 Å². The summed E-state index contributed by atoms with van der Waals surface area (Å²) >= 11 is 0. The van der Waals surface area contributed by atoms with Gasteiger partial charge in [0.05, 0.1) is 6.10 Å². The van der Waals surface area contributed by atoms with Crippen LogP contribution in [0.1, 0.15) is 26.2 Å². The number of hydrogen-bond donors (Lipinski definition) is 1. The molecule has 0 spiro atoms. The summed E-state index contributed by atoms with van der Waals surface area (Å²) in [6.45, 7) is 2.20. The van der Waals surface area contributed by atoms with Crippen molar-refractivity contribution in [3.05, 3.63) is 0 Å². The second-order valence-electron chi connectivity index (χ2n) is 3.45. The lowest BCUT2D eigenvalue weighted by atomic mass is 10.1. The van der Waals surface area contributed by atoms with E-state index in [-0.39, 0.29) is 6.10 Å². The van der Waals surface area contributed by atoms with E-state index >= 15 is 0 Å². The normalized spacial score (nSPS) is 60.8. The molecule has 2 fully saturated rings. The zero-order valence-electron chi connectivity index (χ0n) is 5.22. The summed E-state index contributed by atoms with van der Waals surface area (Å²) in [6, 6.07) is 0. The molecule has 0 aromatic rings.